The van der Waals surface area contributed by atoms with E-state index in [9.17, 15) is 13.2 Å². The number of carbonyl (C=O) groups is 1. The van der Waals surface area contributed by atoms with Crippen LogP contribution >= 0.6 is 12.2 Å². The van der Waals surface area contributed by atoms with Crippen LogP contribution in [0.3, 0.4) is 0 Å². The lowest BCUT2D eigenvalue weighted by atomic mass is 10.2. The summed E-state index contributed by atoms with van der Waals surface area (Å²) < 4.78 is 36.8. The monoisotopic (exact) mass is 448 g/mol. The van der Waals surface area contributed by atoms with Gasteiger partial charge in [0.2, 0.25) is 5.88 Å². The number of sulfonamides is 1. The lowest BCUT2D eigenvalue weighted by Gasteiger charge is -2.23. The van der Waals surface area contributed by atoms with Crippen molar-refractivity contribution in [2.75, 3.05) is 7.05 Å². The van der Waals surface area contributed by atoms with E-state index in [-0.39, 0.29) is 22.4 Å². The summed E-state index contributed by atoms with van der Waals surface area (Å²) in [4.78, 5) is 12.0. The third kappa shape index (κ3) is 6.30. The van der Waals surface area contributed by atoms with Crippen LogP contribution < -0.4 is 5.32 Å². The molecule has 0 heterocycles. The average molecular weight is 449 g/mol. The van der Waals surface area contributed by atoms with Gasteiger partial charge in [-0.2, -0.15) is 0 Å². The smallest absolute Gasteiger partial charge is 0.408 e. The Bertz CT molecular complexity index is 1010. The topological polar surface area (TPSA) is 84.9 Å². The van der Waals surface area contributed by atoms with E-state index in [2.05, 4.69) is 11.9 Å². The number of thiocarbonyl (C=S) groups is 1. The van der Waals surface area contributed by atoms with Crippen molar-refractivity contribution >= 4 is 33.4 Å². The minimum atomic E-state index is -3.85. The number of alkyl carbamates (subject to hydrolysis) is 1. The van der Waals surface area contributed by atoms with Crippen molar-refractivity contribution in [1.29, 1.82) is 0 Å². The van der Waals surface area contributed by atoms with Gasteiger partial charge in [0.25, 0.3) is 10.0 Å². The molecule has 9 heteroatoms. The van der Waals surface area contributed by atoms with E-state index >= 15 is 0 Å². The molecule has 1 atom stereocenters. The average Bonchev–Trinajstić information content (AvgIpc) is 2.72. The van der Waals surface area contributed by atoms with Crippen molar-refractivity contribution in [3.63, 3.8) is 0 Å². The highest BCUT2D eigenvalue weighted by atomic mass is 32.2. The largest absolute Gasteiger partial charge is 0.445 e. The maximum absolute atomic E-state index is 12.7. The fraction of sp³-hybridized carbons (Fsp3) is 0.238. The van der Waals surface area contributed by atoms with E-state index < -0.39 is 22.2 Å². The van der Waals surface area contributed by atoms with E-state index in [1.165, 1.54) is 19.2 Å². The molecule has 1 amide bonds. The molecule has 0 fully saturated rings. The molecule has 0 radical (unpaired) electrons. The third-order valence-corrected chi connectivity index (χ3v) is 6.38. The van der Waals surface area contributed by atoms with Crippen LogP contribution in [0.5, 0.6) is 0 Å². The Morgan fingerprint density at radius 3 is 2.37 bits per heavy atom. The Kier molecular flexibility index (Phi) is 7.96. The van der Waals surface area contributed by atoms with Crippen LogP contribution in [0.25, 0.3) is 0 Å². The quantitative estimate of drug-likeness (QED) is 0.489. The highest BCUT2D eigenvalue weighted by molar-refractivity contribution is 7.89. The van der Waals surface area contributed by atoms with Crippen LogP contribution in [0.2, 0.25) is 0 Å². The zero-order chi connectivity index (χ0) is 22.3. The van der Waals surface area contributed by atoms with Crippen molar-refractivity contribution in [2.24, 2.45) is 0 Å². The van der Waals surface area contributed by atoms with Crippen LogP contribution in [-0.4, -0.2) is 37.0 Å². The Balaban J connectivity index is 1.89. The number of amides is 1. The zero-order valence-corrected chi connectivity index (χ0v) is 18.6. The van der Waals surface area contributed by atoms with Gasteiger partial charge in [-0.15, -0.1) is 0 Å². The molecule has 7 nitrogen and oxygen atoms in total. The molecule has 0 saturated heterocycles. The summed E-state index contributed by atoms with van der Waals surface area (Å²) in [6.07, 6.45) is -0.677. The molecule has 0 saturated carbocycles. The molecule has 2 aromatic carbocycles. The van der Waals surface area contributed by atoms with E-state index in [0.29, 0.717) is 0 Å². The molecule has 0 aromatic heterocycles. The van der Waals surface area contributed by atoms with Gasteiger partial charge < -0.3 is 14.8 Å². The number of hydrogen-bond acceptors (Lipinski definition) is 6. The van der Waals surface area contributed by atoms with Crippen molar-refractivity contribution in [1.82, 2.24) is 9.62 Å². The summed E-state index contributed by atoms with van der Waals surface area (Å²) in [6, 6.07) is 14.9. The van der Waals surface area contributed by atoms with Gasteiger partial charge in [0.15, 0.2) is 5.05 Å². The Labute approximate surface area is 182 Å². The van der Waals surface area contributed by atoms with Crippen LogP contribution in [0.4, 0.5) is 4.79 Å². The molecule has 0 bridgehead atoms. The molecule has 0 aliphatic carbocycles. The number of aryl methyl sites for hydroxylation is 1. The SMILES string of the molecule is C=C(OC(=S)[C@H](C)NC(=O)OCc1ccccc1)N(C)S(=O)(=O)c1ccc(C)cc1. The van der Waals surface area contributed by atoms with Crippen LogP contribution in [-0.2, 0) is 26.1 Å². The van der Waals surface area contributed by atoms with E-state index in [1.54, 1.807) is 19.1 Å². The number of nitrogens with one attached hydrogen (secondary N) is 1. The summed E-state index contributed by atoms with van der Waals surface area (Å²) in [5.74, 6) is -0.188. The number of carbonyl (C=O) groups excluding carboxylic acids is 1. The zero-order valence-electron chi connectivity index (χ0n) is 17.0. The lowest BCUT2D eigenvalue weighted by Crippen LogP contribution is -2.40. The molecule has 0 aliphatic heterocycles. The van der Waals surface area contributed by atoms with Gasteiger partial charge in [-0.25, -0.2) is 17.5 Å². The molecular weight excluding hydrogens is 424 g/mol. The molecule has 1 N–H and O–H groups in total. The molecular formula is C21H24N2O5S2. The third-order valence-electron chi connectivity index (χ3n) is 4.15. The van der Waals surface area contributed by atoms with Crippen LogP contribution in [0, 0.1) is 6.92 Å². The Hall–Kier alpha value is -2.91. The first-order chi connectivity index (χ1) is 14.1. The van der Waals surface area contributed by atoms with E-state index in [4.69, 9.17) is 21.7 Å². The molecule has 2 rings (SSSR count). The molecule has 0 unspecified atom stereocenters. The molecule has 0 spiro atoms. The molecule has 160 valence electrons. The van der Waals surface area contributed by atoms with E-state index in [1.807, 2.05) is 37.3 Å². The van der Waals surface area contributed by atoms with Crippen molar-refractivity contribution in [2.45, 2.75) is 31.4 Å². The van der Waals surface area contributed by atoms with Crippen molar-refractivity contribution < 1.29 is 22.7 Å². The summed E-state index contributed by atoms with van der Waals surface area (Å²) in [5.41, 5.74) is 1.78. The predicted molar refractivity (Wildman–Crippen MR) is 118 cm³/mol. The van der Waals surface area contributed by atoms with Gasteiger partial charge in [0.1, 0.15) is 6.61 Å². The minimum Gasteiger partial charge on any atom is -0.445 e. The maximum Gasteiger partial charge on any atom is 0.408 e. The fourth-order valence-electron chi connectivity index (χ4n) is 2.27. The van der Waals surface area contributed by atoms with Gasteiger partial charge in [0.05, 0.1) is 10.9 Å². The van der Waals surface area contributed by atoms with Gasteiger partial charge in [-0.05, 0) is 50.3 Å². The number of rotatable bonds is 8. The van der Waals surface area contributed by atoms with Crippen molar-refractivity contribution in [3.05, 3.63) is 78.2 Å². The summed E-state index contributed by atoms with van der Waals surface area (Å²) in [6.45, 7) is 7.20. The summed E-state index contributed by atoms with van der Waals surface area (Å²) >= 11 is 5.15. The van der Waals surface area contributed by atoms with Gasteiger partial charge in [-0.1, -0.05) is 48.0 Å². The number of nitrogens with zero attached hydrogens (tertiary/aromatic N) is 1. The molecule has 30 heavy (non-hydrogen) atoms. The summed E-state index contributed by atoms with van der Waals surface area (Å²) in [5, 5.41) is 2.48. The van der Waals surface area contributed by atoms with E-state index in [0.717, 1.165) is 15.4 Å². The van der Waals surface area contributed by atoms with Gasteiger partial charge in [0, 0.05) is 7.05 Å². The first-order valence-electron chi connectivity index (χ1n) is 9.04. The minimum absolute atomic E-state index is 0.0531. The Morgan fingerprint density at radius 1 is 1.17 bits per heavy atom. The lowest BCUT2D eigenvalue weighted by molar-refractivity contribution is 0.137. The second-order valence-electron chi connectivity index (χ2n) is 6.53. The fourth-order valence-corrected chi connectivity index (χ4v) is 3.53. The number of hydrogen-bond donors (Lipinski definition) is 1. The first kappa shape index (κ1) is 23.4. The van der Waals surface area contributed by atoms with Crippen molar-refractivity contribution in [3.8, 4) is 0 Å². The Morgan fingerprint density at radius 2 is 1.77 bits per heavy atom. The standard InChI is InChI=1S/C21H24N2O5S2/c1-15-10-12-19(13-11-15)30(25,26)23(4)17(3)28-20(29)16(2)22-21(24)27-14-18-8-6-5-7-9-18/h5-13,16H,3,14H2,1-2,4H3,(H,22,24)/t16-/m0/s1. The highest BCUT2D eigenvalue weighted by Crippen LogP contribution is 2.19. The normalized spacial score (nSPS) is 11.8. The van der Waals surface area contributed by atoms with Crippen LogP contribution in [0.1, 0.15) is 18.1 Å². The highest BCUT2D eigenvalue weighted by Gasteiger charge is 2.25. The second kappa shape index (κ2) is 10.2. The number of ether oxygens (including phenoxy) is 2. The molecule has 2 aromatic rings. The summed E-state index contributed by atoms with van der Waals surface area (Å²) in [7, 11) is -2.54. The molecule has 0 aliphatic rings. The predicted octanol–water partition coefficient (Wildman–Crippen LogP) is 3.75. The van der Waals surface area contributed by atoms with Gasteiger partial charge >= 0.3 is 6.09 Å². The van der Waals surface area contributed by atoms with Gasteiger partial charge in [-0.3, -0.25) is 0 Å². The van der Waals surface area contributed by atoms with Crippen LogP contribution in [0.15, 0.2) is 72.0 Å². The maximum atomic E-state index is 12.7. The number of benzene rings is 2. The second-order valence-corrected chi connectivity index (χ2v) is 8.90. The first-order valence-corrected chi connectivity index (χ1v) is 10.9.